The van der Waals surface area contributed by atoms with Crippen molar-refractivity contribution in [2.45, 2.75) is 35.9 Å². The minimum Gasteiger partial charge on any atom is -0.263 e. The second-order valence-electron chi connectivity index (χ2n) is 7.06. The van der Waals surface area contributed by atoms with Crippen molar-refractivity contribution in [3.63, 3.8) is 0 Å². The zero-order valence-corrected chi connectivity index (χ0v) is 17.2. The van der Waals surface area contributed by atoms with E-state index in [1.807, 2.05) is 12.1 Å². The first-order valence-electron chi connectivity index (χ1n) is 8.17. The van der Waals surface area contributed by atoms with Crippen LogP contribution in [0.2, 0.25) is 0 Å². The largest absolute Gasteiger partial charge is 0.284 e. The van der Waals surface area contributed by atoms with Crippen LogP contribution in [-0.4, -0.2) is 24.8 Å². The zero-order chi connectivity index (χ0) is 18.9. The average molecular weight is 434 g/mol. The molecule has 1 unspecified atom stereocenters. The molecular weight excluding hydrogens is 414 g/mol. The molecule has 2 aromatic rings. The fourth-order valence-electron chi connectivity index (χ4n) is 2.55. The van der Waals surface area contributed by atoms with E-state index < -0.39 is 14.9 Å². The summed E-state index contributed by atoms with van der Waals surface area (Å²) in [6.45, 7) is 6.47. The molecule has 0 aromatic heterocycles. The van der Waals surface area contributed by atoms with Crippen molar-refractivity contribution in [2.75, 3.05) is 0 Å². The summed E-state index contributed by atoms with van der Waals surface area (Å²) < 4.78 is 28.8. The van der Waals surface area contributed by atoms with Gasteiger partial charge in [-0.2, -0.15) is 13.5 Å². The smallest absolute Gasteiger partial charge is 0.263 e. The Hall–Kier alpha value is -1.99. The van der Waals surface area contributed by atoms with Gasteiger partial charge in [0.15, 0.2) is 5.84 Å². The van der Waals surface area contributed by atoms with E-state index in [-0.39, 0.29) is 16.1 Å². The van der Waals surface area contributed by atoms with Gasteiger partial charge in [-0.1, -0.05) is 79.2 Å². The van der Waals surface area contributed by atoms with Gasteiger partial charge in [-0.15, -0.1) is 4.40 Å². The molecule has 1 aliphatic heterocycles. The Balaban J connectivity index is 1.85. The molecule has 0 radical (unpaired) electrons. The van der Waals surface area contributed by atoms with Crippen LogP contribution in [0.1, 0.15) is 31.9 Å². The van der Waals surface area contributed by atoms with Crippen LogP contribution in [0.25, 0.3) is 0 Å². The molecule has 1 heterocycles. The molecule has 0 saturated heterocycles. The number of amidine groups is 1. The number of halogens is 1. The highest BCUT2D eigenvalue weighted by molar-refractivity contribution is 9.10. The van der Waals surface area contributed by atoms with E-state index in [9.17, 15) is 8.42 Å². The summed E-state index contributed by atoms with van der Waals surface area (Å²) >= 11 is 3.50. The standard InChI is InChI=1S/C19H20BrN3O2S/c1-19(2,3)14-11-9-13(10-12-14)17-16(20)18(22-21-17)23-26(24,25)15-7-5-4-6-8-15/h4-12,16H,1-3H3,(H,22,23). The van der Waals surface area contributed by atoms with Gasteiger partial charge in [0.2, 0.25) is 0 Å². The molecule has 2 aromatic carbocycles. The van der Waals surface area contributed by atoms with Crippen molar-refractivity contribution in [3.05, 3.63) is 65.7 Å². The van der Waals surface area contributed by atoms with Crippen molar-refractivity contribution in [1.29, 1.82) is 0 Å². The fraction of sp³-hybridized carbons (Fsp3) is 0.263. The van der Waals surface area contributed by atoms with E-state index in [0.29, 0.717) is 5.71 Å². The highest BCUT2D eigenvalue weighted by Gasteiger charge is 2.29. The SMILES string of the molecule is CC(C)(C)c1ccc(C2=NN/C(=N\S(=O)(=O)c3ccccc3)C2Br)cc1. The summed E-state index contributed by atoms with van der Waals surface area (Å²) in [5.74, 6) is 0.253. The molecule has 0 aliphatic carbocycles. The number of hydrogen-bond donors (Lipinski definition) is 1. The van der Waals surface area contributed by atoms with E-state index in [4.69, 9.17) is 0 Å². The number of nitrogens with one attached hydrogen (secondary N) is 1. The first kappa shape index (κ1) is 18.8. The van der Waals surface area contributed by atoms with Crippen LogP contribution in [-0.2, 0) is 15.4 Å². The maximum Gasteiger partial charge on any atom is 0.284 e. The number of sulfonamides is 1. The van der Waals surface area contributed by atoms with Crippen molar-refractivity contribution < 1.29 is 8.42 Å². The fourth-order valence-corrected chi connectivity index (χ4v) is 4.27. The van der Waals surface area contributed by atoms with Gasteiger partial charge in [0.05, 0.1) is 10.6 Å². The maximum absolute atomic E-state index is 12.4. The first-order valence-corrected chi connectivity index (χ1v) is 10.5. The summed E-state index contributed by atoms with van der Waals surface area (Å²) in [6.07, 6.45) is 0. The second-order valence-corrected chi connectivity index (χ2v) is 9.58. The molecule has 3 rings (SSSR count). The molecule has 1 N–H and O–H groups in total. The summed E-state index contributed by atoms with van der Waals surface area (Å²) in [5.41, 5.74) is 5.64. The number of nitrogens with zero attached hydrogens (tertiary/aromatic N) is 2. The van der Waals surface area contributed by atoms with Crippen LogP contribution in [0.3, 0.4) is 0 Å². The molecule has 7 heteroatoms. The van der Waals surface area contributed by atoms with Gasteiger partial charge in [-0.05, 0) is 28.7 Å². The van der Waals surface area contributed by atoms with Gasteiger partial charge in [-0.25, -0.2) is 0 Å². The minimum absolute atomic E-state index is 0.0679. The Labute approximate surface area is 162 Å². The molecule has 0 spiro atoms. The molecule has 136 valence electrons. The summed E-state index contributed by atoms with van der Waals surface area (Å²) in [5, 5.41) is 4.26. The van der Waals surface area contributed by atoms with E-state index in [1.54, 1.807) is 18.2 Å². The van der Waals surface area contributed by atoms with E-state index in [1.165, 1.54) is 17.7 Å². The van der Waals surface area contributed by atoms with Crippen LogP contribution in [0.15, 0.2) is 69.0 Å². The van der Waals surface area contributed by atoms with Crippen LogP contribution in [0.5, 0.6) is 0 Å². The normalized spacial score (nSPS) is 19.3. The third kappa shape index (κ3) is 3.88. The number of rotatable bonds is 3. The third-order valence-corrected chi connectivity index (χ3v) is 6.25. The van der Waals surface area contributed by atoms with E-state index in [0.717, 1.165) is 5.56 Å². The Morgan fingerprint density at radius 1 is 1.04 bits per heavy atom. The zero-order valence-electron chi connectivity index (χ0n) is 14.8. The number of hydrogen-bond acceptors (Lipinski definition) is 3. The summed E-state index contributed by atoms with van der Waals surface area (Å²) in [7, 11) is -3.79. The average Bonchev–Trinajstić information content (AvgIpc) is 2.95. The van der Waals surface area contributed by atoms with E-state index >= 15 is 0 Å². The maximum atomic E-state index is 12.4. The monoisotopic (exact) mass is 433 g/mol. The Morgan fingerprint density at radius 3 is 2.23 bits per heavy atom. The Morgan fingerprint density at radius 2 is 1.65 bits per heavy atom. The number of benzene rings is 2. The van der Waals surface area contributed by atoms with Gasteiger partial charge in [-0.3, -0.25) is 5.43 Å². The molecule has 5 nitrogen and oxygen atoms in total. The highest BCUT2D eigenvalue weighted by Crippen LogP contribution is 2.24. The Kier molecular flexibility index (Phi) is 5.03. The van der Waals surface area contributed by atoms with Gasteiger partial charge < -0.3 is 0 Å². The first-order chi connectivity index (χ1) is 12.2. The molecule has 0 saturated carbocycles. The quantitative estimate of drug-likeness (QED) is 0.747. The van der Waals surface area contributed by atoms with Crippen LogP contribution < -0.4 is 5.43 Å². The lowest BCUT2D eigenvalue weighted by molar-refractivity contribution is 0.590. The van der Waals surface area contributed by atoms with Crippen molar-refractivity contribution in [1.82, 2.24) is 5.43 Å². The van der Waals surface area contributed by atoms with Gasteiger partial charge in [0, 0.05) is 0 Å². The Bertz CT molecular complexity index is 960. The molecular formula is C19H20BrN3O2S. The number of alkyl halides is 1. The summed E-state index contributed by atoms with van der Waals surface area (Å²) in [6, 6.07) is 16.2. The van der Waals surface area contributed by atoms with Crippen LogP contribution in [0.4, 0.5) is 0 Å². The lowest BCUT2D eigenvalue weighted by Gasteiger charge is -2.19. The minimum atomic E-state index is -3.79. The second kappa shape index (κ2) is 6.96. The molecule has 0 amide bonds. The predicted molar refractivity (Wildman–Crippen MR) is 109 cm³/mol. The molecule has 0 bridgehead atoms. The lowest BCUT2D eigenvalue weighted by atomic mass is 9.86. The van der Waals surface area contributed by atoms with Crippen molar-refractivity contribution in [3.8, 4) is 0 Å². The van der Waals surface area contributed by atoms with E-state index in [2.05, 4.69) is 63.8 Å². The topological polar surface area (TPSA) is 70.9 Å². The molecule has 26 heavy (non-hydrogen) atoms. The molecule has 0 fully saturated rings. The van der Waals surface area contributed by atoms with Crippen molar-refractivity contribution in [2.24, 2.45) is 9.50 Å². The van der Waals surface area contributed by atoms with Crippen molar-refractivity contribution >= 4 is 37.5 Å². The number of hydrazone groups is 1. The molecule has 1 aliphatic rings. The van der Waals surface area contributed by atoms with Crippen LogP contribution in [0, 0.1) is 0 Å². The molecule has 1 atom stereocenters. The lowest BCUT2D eigenvalue weighted by Crippen LogP contribution is -2.25. The third-order valence-electron chi connectivity index (χ3n) is 4.08. The van der Waals surface area contributed by atoms with Gasteiger partial charge in [0.25, 0.3) is 10.0 Å². The van der Waals surface area contributed by atoms with Gasteiger partial charge >= 0.3 is 0 Å². The highest BCUT2D eigenvalue weighted by atomic mass is 79.9. The summed E-state index contributed by atoms with van der Waals surface area (Å²) in [4.78, 5) is -0.265. The predicted octanol–water partition coefficient (Wildman–Crippen LogP) is 3.84. The van der Waals surface area contributed by atoms with Crippen LogP contribution >= 0.6 is 15.9 Å². The van der Waals surface area contributed by atoms with Gasteiger partial charge in [0.1, 0.15) is 4.83 Å².